The van der Waals surface area contributed by atoms with Crippen molar-refractivity contribution in [1.82, 2.24) is 14.2 Å². The average molecular weight is 255 g/mol. The summed E-state index contributed by atoms with van der Waals surface area (Å²) in [7, 11) is 0. The lowest BCUT2D eigenvalue weighted by Crippen LogP contribution is -2.49. The van der Waals surface area contributed by atoms with Gasteiger partial charge in [-0.25, -0.2) is 0 Å². The Kier molecular flexibility index (Phi) is 4.09. The molecule has 2 rings (SSSR count). The van der Waals surface area contributed by atoms with Gasteiger partial charge in [-0.05, 0) is 18.5 Å². The number of carbonyl (C=O) groups excluding carboxylic acids is 1. The van der Waals surface area contributed by atoms with Crippen molar-refractivity contribution in [3.8, 4) is 0 Å². The minimum absolute atomic E-state index is 0.0832. The quantitative estimate of drug-likeness (QED) is 0.838. The maximum Gasteiger partial charge on any atom is 0.256 e. The molecule has 6 heteroatoms. The third-order valence-corrected chi connectivity index (χ3v) is 3.78. The summed E-state index contributed by atoms with van der Waals surface area (Å²) in [6.07, 6.45) is 0. The molecule has 0 bridgehead atoms. The van der Waals surface area contributed by atoms with E-state index in [1.165, 1.54) is 11.5 Å². The van der Waals surface area contributed by atoms with E-state index >= 15 is 0 Å². The number of piperazine rings is 1. The molecule has 1 aromatic rings. The highest BCUT2D eigenvalue weighted by Gasteiger charge is 2.23. The maximum absolute atomic E-state index is 12.2. The number of aliphatic hydroxyl groups excluding tert-OH is 1. The minimum Gasteiger partial charge on any atom is -0.395 e. The lowest BCUT2D eigenvalue weighted by Gasteiger charge is -2.34. The lowest BCUT2D eigenvalue weighted by molar-refractivity contribution is 0.0614. The van der Waals surface area contributed by atoms with Crippen molar-refractivity contribution in [3.05, 3.63) is 16.6 Å². The maximum atomic E-state index is 12.2. The number of nitrogens with zero attached hydrogens (tertiary/aromatic N) is 3. The van der Waals surface area contributed by atoms with E-state index in [1.54, 1.807) is 0 Å². The van der Waals surface area contributed by atoms with Crippen LogP contribution in [0.5, 0.6) is 0 Å². The number of rotatable bonds is 3. The van der Waals surface area contributed by atoms with Gasteiger partial charge in [0.2, 0.25) is 0 Å². The fourth-order valence-electron chi connectivity index (χ4n) is 1.98. The Morgan fingerprint density at radius 3 is 2.71 bits per heavy atom. The molecule has 0 spiro atoms. The molecule has 0 aliphatic carbocycles. The lowest BCUT2D eigenvalue weighted by atomic mass is 10.2. The molecular formula is C11H17N3O2S. The first-order chi connectivity index (χ1) is 8.22. The van der Waals surface area contributed by atoms with Gasteiger partial charge in [0.05, 0.1) is 17.9 Å². The van der Waals surface area contributed by atoms with E-state index in [0.717, 1.165) is 37.4 Å². The number of hydrogen-bond donors (Lipinski definition) is 1. The standard InChI is InChI=1S/C11H17N3O2S/c1-9-10(8-17-12-9)11(16)14-4-2-13(3-5-14)6-7-15/h8,15H,2-7H2,1H3. The number of amides is 1. The molecule has 2 heterocycles. The first-order valence-corrected chi connectivity index (χ1v) is 6.59. The van der Waals surface area contributed by atoms with Gasteiger partial charge in [0.25, 0.3) is 5.91 Å². The van der Waals surface area contributed by atoms with Crippen LogP contribution < -0.4 is 0 Å². The van der Waals surface area contributed by atoms with Crippen molar-refractivity contribution < 1.29 is 9.90 Å². The Morgan fingerprint density at radius 1 is 1.47 bits per heavy atom. The molecule has 94 valence electrons. The van der Waals surface area contributed by atoms with Crippen molar-refractivity contribution in [2.24, 2.45) is 0 Å². The van der Waals surface area contributed by atoms with Gasteiger partial charge in [0, 0.05) is 38.1 Å². The van der Waals surface area contributed by atoms with Gasteiger partial charge >= 0.3 is 0 Å². The Hall–Kier alpha value is -0.980. The largest absolute Gasteiger partial charge is 0.395 e. The molecule has 1 aliphatic rings. The Balaban J connectivity index is 1.93. The molecule has 1 fully saturated rings. The van der Waals surface area contributed by atoms with E-state index in [9.17, 15) is 4.79 Å². The number of hydrogen-bond acceptors (Lipinski definition) is 5. The SMILES string of the molecule is Cc1nscc1C(=O)N1CCN(CCO)CC1. The molecule has 0 unspecified atom stereocenters. The first-order valence-electron chi connectivity index (χ1n) is 5.76. The topological polar surface area (TPSA) is 56.7 Å². The van der Waals surface area contributed by atoms with Crippen molar-refractivity contribution in [3.63, 3.8) is 0 Å². The smallest absolute Gasteiger partial charge is 0.256 e. The monoisotopic (exact) mass is 255 g/mol. The van der Waals surface area contributed by atoms with E-state index in [2.05, 4.69) is 9.27 Å². The third-order valence-electron chi connectivity index (χ3n) is 3.06. The van der Waals surface area contributed by atoms with Gasteiger partial charge < -0.3 is 10.0 Å². The first kappa shape index (κ1) is 12.5. The summed E-state index contributed by atoms with van der Waals surface area (Å²) < 4.78 is 4.13. The molecule has 1 N–H and O–H groups in total. The zero-order chi connectivity index (χ0) is 12.3. The summed E-state index contributed by atoms with van der Waals surface area (Å²) in [6, 6.07) is 0. The number of β-amino-alcohol motifs (C(OH)–C–C–N with tert-alkyl or cyclic N) is 1. The van der Waals surface area contributed by atoms with Gasteiger partial charge in [-0.1, -0.05) is 0 Å². The second-order valence-corrected chi connectivity index (χ2v) is 4.80. The molecule has 17 heavy (non-hydrogen) atoms. The molecule has 1 aliphatic heterocycles. The normalized spacial score (nSPS) is 17.4. The third kappa shape index (κ3) is 2.83. The second kappa shape index (κ2) is 5.57. The summed E-state index contributed by atoms with van der Waals surface area (Å²) in [5, 5.41) is 10.7. The Labute approximate surface area is 105 Å². The fourth-order valence-corrected chi connectivity index (χ4v) is 2.67. The van der Waals surface area contributed by atoms with Gasteiger partial charge in [0.15, 0.2) is 0 Å². The van der Waals surface area contributed by atoms with Crippen LogP contribution in [0.1, 0.15) is 16.1 Å². The predicted octanol–water partition coefficient (Wildman–Crippen LogP) is 0.202. The summed E-state index contributed by atoms with van der Waals surface area (Å²) >= 11 is 1.33. The van der Waals surface area contributed by atoms with Gasteiger partial charge in [-0.3, -0.25) is 9.69 Å². The molecule has 0 atom stereocenters. The fraction of sp³-hybridized carbons (Fsp3) is 0.636. The van der Waals surface area contributed by atoms with Crippen LogP contribution in [0.2, 0.25) is 0 Å². The molecule has 0 radical (unpaired) electrons. The minimum atomic E-state index is 0.0832. The molecule has 1 amide bonds. The predicted molar refractivity (Wildman–Crippen MR) is 66.3 cm³/mol. The summed E-state index contributed by atoms with van der Waals surface area (Å²) in [5.74, 6) is 0.0832. The molecule has 1 saturated heterocycles. The van der Waals surface area contributed by atoms with Crippen molar-refractivity contribution in [2.75, 3.05) is 39.3 Å². The van der Waals surface area contributed by atoms with Crippen LogP contribution in [0.25, 0.3) is 0 Å². The molecule has 0 saturated carbocycles. The Morgan fingerprint density at radius 2 is 2.18 bits per heavy atom. The van der Waals surface area contributed by atoms with Crippen LogP contribution in [0, 0.1) is 6.92 Å². The van der Waals surface area contributed by atoms with E-state index in [0.29, 0.717) is 6.54 Å². The van der Waals surface area contributed by atoms with Crippen LogP contribution in [0.15, 0.2) is 5.38 Å². The molecular weight excluding hydrogens is 238 g/mol. The average Bonchev–Trinajstić information content (AvgIpc) is 2.76. The number of aromatic nitrogens is 1. The Bertz CT molecular complexity index is 386. The number of carbonyl (C=O) groups is 1. The summed E-state index contributed by atoms with van der Waals surface area (Å²) in [6.45, 7) is 5.88. The molecule has 0 aromatic carbocycles. The second-order valence-electron chi connectivity index (χ2n) is 4.17. The number of aryl methyl sites for hydroxylation is 1. The molecule has 1 aromatic heterocycles. The van der Waals surface area contributed by atoms with E-state index in [-0.39, 0.29) is 12.5 Å². The van der Waals surface area contributed by atoms with E-state index < -0.39 is 0 Å². The van der Waals surface area contributed by atoms with Crippen molar-refractivity contribution >= 4 is 17.4 Å². The van der Waals surface area contributed by atoms with Crippen LogP contribution in [0.4, 0.5) is 0 Å². The van der Waals surface area contributed by atoms with Crippen LogP contribution in [0.3, 0.4) is 0 Å². The van der Waals surface area contributed by atoms with Crippen molar-refractivity contribution in [1.29, 1.82) is 0 Å². The van der Waals surface area contributed by atoms with Gasteiger partial charge in [0.1, 0.15) is 0 Å². The zero-order valence-electron chi connectivity index (χ0n) is 9.93. The van der Waals surface area contributed by atoms with Crippen LogP contribution in [-0.2, 0) is 0 Å². The number of aliphatic hydroxyl groups is 1. The van der Waals surface area contributed by atoms with Crippen LogP contribution >= 0.6 is 11.5 Å². The van der Waals surface area contributed by atoms with Crippen molar-refractivity contribution in [2.45, 2.75) is 6.92 Å². The zero-order valence-corrected chi connectivity index (χ0v) is 10.7. The summed E-state index contributed by atoms with van der Waals surface area (Å²) in [5.41, 5.74) is 1.54. The van der Waals surface area contributed by atoms with E-state index in [1.807, 2.05) is 17.2 Å². The van der Waals surface area contributed by atoms with E-state index in [4.69, 9.17) is 5.11 Å². The van der Waals surface area contributed by atoms with Crippen LogP contribution in [-0.4, -0.2) is 64.5 Å². The van der Waals surface area contributed by atoms with Gasteiger partial charge in [-0.2, -0.15) is 4.37 Å². The highest BCUT2D eigenvalue weighted by Crippen LogP contribution is 2.13. The van der Waals surface area contributed by atoms with Gasteiger partial charge in [-0.15, -0.1) is 0 Å². The summed E-state index contributed by atoms with van der Waals surface area (Å²) in [4.78, 5) is 16.2. The highest BCUT2D eigenvalue weighted by molar-refractivity contribution is 7.03. The highest BCUT2D eigenvalue weighted by atomic mass is 32.1. The molecule has 5 nitrogen and oxygen atoms in total.